The summed E-state index contributed by atoms with van der Waals surface area (Å²) in [5.41, 5.74) is 6.01. The Morgan fingerprint density at radius 2 is 1.90 bits per heavy atom. The molecule has 42 heavy (non-hydrogen) atoms. The van der Waals surface area contributed by atoms with Gasteiger partial charge in [-0.1, -0.05) is 12.1 Å². The molecule has 2 atom stereocenters. The van der Waals surface area contributed by atoms with Gasteiger partial charge in [-0.2, -0.15) is 9.89 Å². The third kappa shape index (κ3) is 6.39. The molecule has 3 aromatic carbocycles. The molecule has 2 aliphatic heterocycles. The van der Waals surface area contributed by atoms with Crippen LogP contribution in [0.2, 0.25) is 0 Å². The first-order valence-corrected chi connectivity index (χ1v) is 14.5. The second-order valence-corrected chi connectivity index (χ2v) is 11.1. The number of amides is 1. The number of rotatable bonds is 9. The van der Waals surface area contributed by atoms with Gasteiger partial charge in [0.05, 0.1) is 23.0 Å². The molecule has 6 rings (SSSR count). The van der Waals surface area contributed by atoms with Crippen LogP contribution in [-0.2, 0) is 11.2 Å². The lowest BCUT2D eigenvalue weighted by Gasteiger charge is -2.28. The zero-order valence-corrected chi connectivity index (χ0v) is 23.6. The number of hydrogen-bond donors (Lipinski definition) is 2. The van der Waals surface area contributed by atoms with Gasteiger partial charge in [-0.15, -0.1) is 0 Å². The number of ether oxygens (including phenoxy) is 2. The quantitative estimate of drug-likeness (QED) is 0.253. The fourth-order valence-corrected chi connectivity index (χ4v) is 5.73. The van der Waals surface area contributed by atoms with Crippen LogP contribution in [0.5, 0.6) is 5.75 Å². The first kappa shape index (κ1) is 28.1. The zero-order chi connectivity index (χ0) is 29.1. The molecule has 10 heteroatoms. The van der Waals surface area contributed by atoms with E-state index in [-0.39, 0.29) is 12.1 Å². The Hall–Kier alpha value is -4.02. The lowest BCUT2D eigenvalue weighted by Crippen LogP contribution is -2.32. The maximum absolute atomic E-state index is 13.7. The van der Waals surface area contributed by atoms with E-state index >= 15 is 0 Å². The Kier molecular flexibility index (Phi) is 8.34. The molecule has 1 unspecified atom stereocenters. The highest BCUT2D eigenvalue weighted by Gasteiger charge is 2.24. The molecule has 2 saturated heterocycles. The monoisotopic (exact) mass is 575 g/mol. The van der Waals surface area contributed by atoms with Crippen molar-refractivity contribution in [2.75, 3.05) is 30.6 Å². The summed E-state index contributed by atoms with van der Waals surface area (Å²) >= 11 is 0. The third-order valence-corrected chi connectivity index (χ3v) is 8.00. The number of benzene rings is 3. The van der Waals surface area contributed by atoms with Crippen LogP contribution in [-0.4, -0.2) is 52.8 Å². The summed E-state index contributed by atoms with van der Waals surface area (Å²) < 4.78 is 39.5. The molecule has 0 saturated carbocycles. The van der Waals surface area contributed by atoms with E-state index in [0.717, 1.165) is 55.7 Å². The Balaban J connectivity index is 1.22. The van der Waals surface area contributed by atoms with E-state index in [1.54, 1.807) is 12.3 Å². The standard InChI is InChI=1S/C32H35F2N5O3/c1-21-6-5-12-38(21)20-42-29-8-4-7-27(31(29)36-30-9-2-3-13-41-30)32(40)37-39-28-11-10-22(15-24(28)19-35-39)14-23-16-25(33)18-26(34)17-23/h4,7-8,10-11,15-19,21,30,36H,2-3,5-6,9,12-14,20H2,1H3,(H,37,40)/t21-,30?/m1/s1. The molecule has 0 aliphatic carbocycles. The summed E-state index contributed by atoms with van der Waals surface area (Å²) in [5.74, 6) is -0.964. The second-order valence-electron chi connectivity index (χ2n) is 11.1. The fraction of sp³-hybridized carbons (Fsp3) is 0.375. The first-order chi connectivity index (χ1) is 20.4. The highest BCUT2D eigenvalue weighted by atomic mass is 19.1. The highest BCUT2D eigenvalue weighted by Crippen LogP contribution is 2.32. The van der Waals surface area contributed by atoms with Crippen LogP contribution in [0.4, 0.5) is 14.5 Å². The van der Waals surface area contributed by atoms with Crippen molar-refractivity contribution in [1.29, 1.82) is 0 Å². The molecule has 220 valence electrons. The van der Waals surface area contributed by atoms with Crippen LogP contribution in [0, 0.1) is 11.6 Å². The Bertz CT molecular complexity index is 1550. The van der Waals surface area contributed by atoms with Gasteiger partial charge in [-0.05, 0) is 93.0 Å². The van der Waals surface area contributed by atoms with Gasteiger partial charge >= 0.3 is 0 Å². The van der Waals surface area contributed by atoms with Crippen LogP contribution in [0.15, 0.2) is 60.8 Å². The predicted molar refractivity (Wildman–Crippen MR) is 157 cm³/mol. The van der Waals surface area contributed by atoms with Crippen molar-refractivity contribution in [1.82, 2.24) is 14.8 Å². The van der Waals surface area contributed by atoms with E-state index in [1.165, 1.54) is 16.9 Å². The van der Waals surface area contributed by atoms with E-state index in [9.17, 15) is 13.6 Å². The molecular weight excluding hydrogens is 540 g/mol. The Morgan fingerprint density at radius 3 is 2.67 bits per heavy atom. The van der Waals surface area contributed by atoms with Crippen molar-refractivity contribution < 1.29 is 23.0 Å². The number of fused-ring (bicyclic) bond motifs is 1. The number of carbonyl (C=O) groups is 1. The van der Waals surface area contributed by atoms with Gasteiger partial charge in [0, 0.05) is 30.6 Å². The maximum atomic E-state index is 13.7. The van der Waals surface area contributed by atoms with Crippen molar-refractivity contribution in [2.45, 2.75) is 57.7 Å². The molecule has 4 aromatic rings. The number of carbonyl (C=O) groups excluding carboxylic acids is 1. The average Bonchev–Trinajstić information content (AvgIpc) is 3.57. The van der Waals surface area contributed by atoms with Crippen LogP contribution in [0.1, 0.15) is 60.5 Å². The SMILES string of the molecule is C[C@@H]1CCCN1COc1cccc(C(=O)Nn2ncc3cc(Cc4cc(F)cc(F)c4)ccc32)c1NC1CCCCO1. The molecule has 8 nitrogen and oxygen atoms in total. The van der Waals surface area contributed by atoms with Gasteiger partial charge in [-0.25, -0.2) is 14.2 Å². The molecule has 1 amide bonds. The molecular formula is C32H35F2N5O3. The third-order valence-electron chi connectivity index (χ3n) is 8.00. The summed E-state index contributed by atoms with van der Waals surface area (Å²) in [6.45, 7) is 4.31. The van der Waals surface area contributed by atoms with Crippen molar-refractivity contribution >= 4 is 22.5 Å². The normalized spacial score (nSPS) is 19.2. The van der Waals surface area contributed by atoms with E-state index in [2.05, 4.69) is 27.7 Å². The van der Waals surface area contributed by atoms with E-state index < -0.39 is 11.6 Å². The summed E-state index contributed by atoms with van der Waals surface area (Å²) in [6, 6.07) is 15.0. The first-order valence-electron chi connectivity index (χ1n) is 14.5. The van der Waals surface area contributed by atoms with E-state index in [4.69, 9.17) is 9.47 Å². The number of aromatic nitrogens is 2. The van der Waals surface area contributed by atoms with Crippen molar-refractivity contribution in [3.05, 3.63) is 89.1 Å². The van der Waals surface area contributed by atoms with Gasteiger partial charge in [-0.3, -0.25) is 9.69 Å². The summed E-state index contributed by atoms with van der Waals surface area (Å²) in [5, 5.41) is 8.60. The predicted octanol–water partition coefficient (Wildman–Crippen LogP) is 6.05. The maximum Gasteiger partial charge on any atom is 0.273 e. The average molecular weight is 576 g/mol. The molecule has 2 fully saturated rings. The molecule has 0 spiro atoms. The van der Waals surface area contributed by atoms with E-state index in [1.807, 2.05) is 30.3 Å². The number of hydrogen-bond acceptors (Lipinski definition) is 6. The molecule has 2 aliphatic rings. The zero-order valence-electron chi connectivity index (χ0n) is 23.6. The van der Waals surface area contributed by atoms with Crippen molar-refractivity contribution in [3.8, 4) is 5.75 Å². The van der Waals surface area contributed by atoms with Crippen molar-refractivity contribution in [2.24, 2.45) is 0 Å². The number of anilines is 1. The number of halogens is 2. The van der Waals surface area contributed by atoms with Gasteiger partial charge < -0.3 is 14.8 Å². The molecule has 1 aromatic heterocycles. The van der Waals surface area contributed by atoms with Crippen molar-refractivity contribution in [3.63, 3.8) is 0 Å². The number of para-hydroxylation sites is 1. The van der Waals surface area contributed by atoms with Gasteiger partial charge in [0.2, 0.25) is 0 Å². The number of nitrogens with one attached hydrogen (secondary N) is 2. The summed E-state index contributed by atoms with van der Waals surface area (Å²) in [6.07, 6.45) is 7.00. The molecule has 0 radical (unpaired) electrons. The van der Waals surface area contributed by atoms with Crippen LogP contribution >= 0.6 is 0 Å². The largest absolute Gasteiger partial charge is 0.476 e. The van der Waals surface area contributed by atoms with Gasteiger partial charge in [0.15, 0.2) is 0 Å². The smallest absolute Gasteiger partial charge is 0.273 e. The summed E-state index contributed by atoms with van der Waals surface area (Å²) in [4.78, 5) is 17.4. The Morgan fingerprint density at radius 1 is 1.05 bits per heavy atom. The number of likely N-dealkylation sites (tertiary alicyclic amines) is 1. The van der Waals surface area contributed by atoms with E-state index in [0.29, 0.717) is 53.9 Å². The fourth-order valence-electron chi connectivity index (χ4n) is 5.73. The molecule has 0 bridgehead atoms. The lowest BCUT2D eigenvalue weighted by atomic mass is 10.0. The molecule has 2 N–H and O–H groups in total. The Labute approximate surface area is 243 Å². The van der Waals surface area contributed by atoms with Gasteiger partial charge in [0.1, 0.15) is 30.3 Å². The number of nitrogens with zero attached hydrogens (tertiary/aromatic N) is 3. The van der Waals surface area contributed by atoms with Gasteiger partial charge in [0.25, 0.3) is 5.91 Å². The lowest BCUT2D eigenvalue weighted by molar-refractivity contribution is 0.0339. The minimum absolute atomic E-state index is 0.212. The molecule has 3 heterocycles. The highest BCUT2D eigenvalue weighted by molar-refractivity contribution is 6.06. The minimum Gasteiger partial charge on any atom is -0.476 e. The van der Waals surface area contributed by atoms with Crippen LogP contribution in [0.25, 0.3) is 10.9 Å². The van der Waals surface area contributed by atoms with Crippen LogP contribution < -0.4 is 15.5 Å². The summed E-state index contributed by atoms with van der Waals surface area (Å²) in [7, 11) is 0. The topological polar surface area (TPSA) is 80.7 Å². The van der Waals surface area contributed by atoms with Crippen LogP contribution in [0.3, 0.4) is 0 Å². The minimum atomic E-state index is -0.606. The second kappa shape index (κ2) is 12.5.